The molecule has 4 rings (SSSR count). The minimum atomic E-state index is -0.374. The first-order valence-corrected chi connectivity index (χ1v) is 8.94. The Morgan fingerprint density at radius 3 is 2.81 bits per heavy atom. The van der Waals surface area contributed by atoms with E-state index in [1.807, 2.05) is 23.6 Å². The van der Waals surface area contributed by atoms with Crippen LogP contribution >= 0.6 is 0 Å². The molecule has 0 unspecified atom stereocenters. The van der Waals surface area contributed by atoms with Crippen molar-refractivity contribution in [3.63, 3.8) is 0 Å². The molecule has 2 aromatic heterocycles. The van der Waals surface area contributed by atoms with E-state index in [9.17, 15) is 9.59 Å². The van der Waals surface area contributed by atoms with E-state index in [0.29, 0.717) is 30.0 Å². The zero-order valence-corrected chi connectivity index (χ0v) is 15.0. The number of carbonyl (C=O) groups is 1. The number of nitrogens with one attached hydrogen (secondary N) is 1. The fourth-order valence-corrected chi connectivity index (χ4v) is 3.22. The van der Waals surface area contributed by atoms with Gasteiger partial charge in [0.2, 0.25) is 12.2 Å². The predicted octanol–water partition coefficient (Wildman–Crippen LogP) is 2.71. The summed E-state index contributed by atoms with van der Waals surface area (Å²) in [5.74, 6) is 1.64. The Morgan fingerprint density at radius 2 is 2.07 bits per heavy atom. The third-order valence-electron chi connectivity index (χ3n) is 4.63. The fraction of sp³-hybridized carbons (Fsp3) is 0.300. The quantitative estimate of drug-likeness (QED) is 0.677. The number of ether oxygens (including phenoxy) is 2. The second-order valence-corrected chi connectivity index (χ2v) is 6.32. The molecule has 1 amide bonds. The van der Waals surface area contributed by atoms with Crippen molar-refractivity contribution in [3.05, 3.63) is 58.3 Å². The van der Waals surface area contributed by atoms with Crippen LogP contribution in [0.5, 0.6) is 11.5 Å². The van der Waals surface area contributed by atoms with Gasteiger partial charge >= 0.3 is 0 Å². The summed E-state index contributed by atoms with van der Waals surface area (Å²) >= 11 is 0. The third kappa shape index (κ3) is 3.28. The predicted molar refractivity (Wildman–Crippen MR) is 99.4 cm³/mol. The van der Waals surface area contributed by atoms with Gasteiger partial charge in [0, 0.05) is 31.8 Å². The number of rotatable bonds is 6. The molecule has 0 saturated heterocycles. The second-order valence-electron chi connectivity index (χ2n) is 6.32. The smallest absolute Gasteiger partial charge is 0.256 e. The lowest BCUT2D eigenvalue weighted by Crippen LogP contribution is -2.30. The number of nitrogens with zero attached hydrogens (tertiary/aromatic N) is 1. The Morgan fingerprint density at radius 1 is 1.26 bits per heavy atom. The van der Waals surface area contributed by atoms with Gasteiger partial charge in [-0.05, 0) is 31.5 Å². The molecule has 7 nitrogen and oxygen atoms in total. The van der Waals surface area contributed by atoms with Gasteiger partial charge in [-0.25, -0.2) is 0 Å². The second kappa shape index (κ2) is 7.19. The average molecular weight is 368 g/mol. The molecule has 0 atom stereocenters. The van der Waals surface area contributed by atoms with Gasteiger partial charge in [-0.3, -0.25) is 9.59 Å². The first-order chi connectivity index (χ1) is 13.2. The van der Waals surface area contributed by atoms with Crippen LogP contribution in [0.1, 0.15) is 29.5 Å². The molecule has 1 aliphatic rings. The molecule has 0 fully saturated rings. The van der Waals surface area contributed by atoms with E-state index in [4.69, 9.17) is 13.9 Å². The number of amides is 1. The van der Waals surface area contributed by atoms with Crippen LogP contribution < -0.4 is 20.2 Å². The molecule has 0 spiro atoms. The van der Waals surface area contributed by atoms with E-state index in [1.165, 1.54) is 0 Å². The van der Waals surface area contributed by atoms with Gasteiger partial charge in [-0.15, -0.1) is 0 Å². The maximum Gasteiger partial charge on any atom is 0.256 e. The van der Waals surface area contributed by atoms with Crippen molar-refractivity contribution in [1.29, 1.82) is 0 Å². The first kappa shape index (κ1) is 17.2. The summed E-state index contributed by atoms with van der Waals surface area (Å²) in [7, 11) is 0. The summed E-state index contributed by atoms with van der Waals surface area (Å²) in [4.78, 5) is 25.4. The molecule has 0 saturated carbocycles. The number of aromatic nitrogens is 1. The highest BCUT2D eigenvalue weighted by molar-refractivity contribution is 5.97. The van der Waals surface area contributed by atoms with Gasteiger partial charge < -0.3 is 23.8 Å². The Balaban J connectivity index is 1.57. The summed E-state index contributed by atoms with van der Waals surface area (Å²) in [5, 5.41) is 3.27. The van der Waals surface area contributed by atoms with E-state index < -0.39 is 0 Å². The van der Waals surface area contributed by atoms with Crippen molar-refractivity contribution < 1.29 is 18.7 Å². The third-order valence-corrected chi connectivity index (χ3v) is 4.63. The minimum absolute atomic E-state index is 0.126. The Kier molecular flexibility index (Phi) is 4.58. The number of furan rings is 1. The summed E-state index contributed by atoms with van der Waals surface area (Å²) < 4.78 is 17.9. The molecule has 0 radical (unpaired) electrons. The van der Waals surface area contributed by atoms with Crippen molar-refractivity contribution >= 4 is 16.8 Å². The normalized spacial score (nSPS) is 12.5. The summed E-state index contributed by atoms with van der Waals surface area (Å²) in [6.45, 7) is 3.17. The van der Waals surface area contributed by atoms with E-state index in [0.717, 1.165) is 24.1 Å². The van der Waals surface area contributed by atoms with Crippen molar-refractivity contribution in [3.8, 4) is 11.5 Å². The highest BCUT2D eigenvalue weighted by Crippen LogP contribution is 2.35. The van der Waals surface area contributed by atoms with Gasteiger partial charge in [-0.2, -0.15) is 0 Å². The molecule has 0 bridgehead atoms. The van der Waals surface area contributed by atoms with Gasteiger partial charge in [-0.1, -0.05) is 0 Å². The average Bonchev–Trinajstić information content (AvgIpc) is 3.35. The molecule has 3 heterocycles. The monoisotopic (exact) mass is 368 g/mol. The van der Waals surface area contributed by atoms with Crippen LogP contribution in [0.25, 0.3) is 10.9 Å². The number of fused-ring (bicyclic) bond motifs is 2. The van der Waals surface area contributed by atoms with Gasteiger partial charge in [0.25, 0.3) is 5.91 Å². The lowest BCUT2D eigenvalue weighted by Gasteiger charge is -2.12. The fourth-order valence-electron chi connectivity index (χ4n) is 3.22. The minimum Gasteiger partial charge on any atom is -0.469 e. The summed E-state index contributed by atoms with van der Waals surface area (Å²) in [5.41, 5.74) is 0.541. The van der Waals surface area contributed by atoms with Crippen molar-refractivity contribution in [2.75, 3.05) is 13.3 Å². The van der Waals surface area contributed by atoms with Crippen molar-refractivity contribution in [2.24, 2.45) is 0 Å². The largest absolute Gasteiger partial charge is 0.469 e. The van der Waals surface area contributed by atoms with Crippen LogP contribution in [0.4, 0.5) is 0 Å². The molecule has 1 aromatic carbocycles. The van der Waals surface area contributed by atoms with E-state index >= 15 is 0 Å². The van der Waals surface area contributed by atoms with E-state index in [1.54, 1.807) is 24.6 Å². The van der Waals surface area contributed by atoms with Crippen molar-refractivity contribution in [2.45, 2.75) is 26.3 Å². The molecule has 1 N–H and O–H groups in total. The zero-order chi connectivity index (χ0) is 18.8. The number of hydrogen-bond acceptors (Lipinski definition) is 5. The molecule has 27 heavy (non-hydrogen) atoms. The summed E-state index contributed by atoms with van der Waals surface area (Å²) in [6, 6.07) is 7.17. The topological polar surface area (TPSA) is 82.7 Å². The van der Waals surface area contributed by atoms with Crippen LogP contribution in [0.2, 0.25) is 0 Å². The molecule has 3 aromatic rings. The molecular formula is C20H20N2O5. The van der Waals surface area contributed by atoms with Gasteiger partial charge in [0.1, 0.15) is 11.3 Å². The van der Waals surface area contributed by atoms with Crippen molar-refractivity contribution in [1.82, 2.24) is 9.88 Å². The number of hydrogen-bond donors (Lipinski definition) is 1. The number of pyridine rings is 1. The maximum atomic E-state index is 12.9. The Hall–Kier alpha value is -3.22. The van der Waals surface area contributed by atoms with Crippen LogP contribution in [-0.2, 0) is 13.0 Å². The lowest BCUT2D eigenvalue weighted by molar-refractivity contribution is 0.0951. The standard InChI is InChI=1S/C20H20N2O5/c1-2-22-11-15(20(24)21-7-3-5-13-6-4-8-25-13)19(23)14-9-17-18(10-16(14)22)27-12-26-17/h4,6,8-11H,2-3,5,7,12H2,1H3,(H,21,24). The maximum absolute atomic E-state index is 12.9. The van der Waals surface area contributed by atoms with E-state index in [-0.39, 0.29) is 23.7 Å². The molecule has 140 valence electrons. The Bertz CT molecular complexity index is 1040. The molecule has 1 aliphatic heterocycles. The van der Waals surface area contributed by atoms with Crippen LogP contribution in [0, 0.1) is 0 Å². The molecule has 0 aliphatic carbocycles. The number of carbonyl (C=O) groups excluding carboxylic acids is 1. The van der Waals surface area contributed by atoms with E-state index in [2.05, 4.69) is 5.32 Å². The summed E-state index contributed by atoms with van der Waals surface area (Å²) in [6.07, 6.45) is 4.69. The SMILES string of the molecule is CCn1cc(C(=O)NCCCc2ccco2)c(=O)c2cc3c(cc21)OCO3. The highest BCUT2D eigenvalue weighted by Gasteiger charge is 2.20. The number of benzene rings is 1. The first-order valence-electron chi connectivity index (χ1n) is 8.94. The lowest BCUT2D eigenvalue weighted by atomic mass is 10.1. The van der Waals surface area contributed by atoms with Gasteiger partial charge in [0.15, 0.2) is 11.5 Å². The van der Waals surface area contributed by atoms with Crippen LogP contribution in [0.3, 0.4) is 0 Å². The number of aryl methyl sites for hydroxylation is 2. The van der Waals surface area contributed by atoms with Crippen LogP contribution in [0.15, 0.2) is 45.9 Å². The molecule has 7 heteroatoms. The zero-order valence-electron chi connectivity index (χ0n) is 15.0. The van der Waals surface area contributed by atoms with Crippen LogP contribution in [-0.4, -0.2) is 23.8 Å². The highest BCUT2D eigenvalue weighted by atomic mass is 16.7. The Labute approximate surface area is 155 Å². The molecular weight excluding hydrogens is 348 g/mol. The van der Waals surface area contributed by atoms with Gasteiger partial charge in [0.05, 0.1) is 17.2 Å².